The van der Waals surface area contributed by atoms with Gasteiger partial charge in [0.15, 0.2) is 0 Å². The van der Waals surface area contributed by atoms with Gasteiger partial charge in [-0.05, 0) is 43.7 Å². The lowest BCUT2D eigenvalue weighted by atomic mass is 9.85. The summed E-state index contributed by atoms with van der Waals surface area (Å²) in [5.41, 5.74) is 5.65. The Hall–Kier alpha value is -1.58. The fourth-order valence-electron chi connectivity index (χ4n) is 2.75. The first-order valence-electron chi connectivity index (χ1n) is 6.88. The summed E-state index contributed by atoms with van der Waals surface area (Å²) in [6, 6.07) is 4.22. The first-order chi connectivity index (χ1) is 9.13. The molecule has 2 atom stereocenters. The molecular weight excluding hydrogens is 245 g/mol. The topological polar surface area (TPSA) is 52.3 Å². The Morgan fingerprint density at radius 2 is 2.16 bits per heavy atom. The lowest BCUT2D eigenvalue weighted by Crippen LogP contribution is -2.30. The van der Waals surface area contributed by atoms with Crippen LogP contribution in [0.3, 0.4) is 0 Å². The minimum Gasteiger partial charge on any atom is -0.458 e. The molecule has 1 saturated carbocycles. The van der Waals surface area contributed by atoms with Crippen LogP contribution >= 0.6 is 0 Å². The zero-order valence-electron chi connectivity index (χ0n) is 11.2. The molecular formula is C15H20FNO2. The maximum absolute atomic E-state index is 13.7. The molecule has 0 aromatic heterocycles. The van der Waals surface area contributed by atoms with E-state index in [-0.39, 0.29) is 17.4 Å². The van der Waals surface area contributed by atoms with Crippen LogP contribution in [-0.2, 0) is 4.74 Å². The summed E-state index contributed by atoms with van der Waals surface area (Å²) in [4.78, 5) is 12.1. The van der Waals surface area contributed by atoms with E-state index in [1.807, 2.05) is 0 Å². The van der Waals surface area contributed by atoms with E-state index >= 15 is 0 Å². The second-order valence-electron chi connectivity index (χ2n) is 5.10. The van der Waals surface area contributed by atoms with Crippen molar-refractivity contribution in [3.05, 3.63) is 29.6 Å². The van der Waals surface area contributed by atoms with E-state index in [1.165, 1.54) is 24.6 Å². The van der Waals surface area contributed by atoms with Crippen molar-refractivity contribution in [2.45, 2.75) is 45.1 Å². The molecule has 0 amide bonds. The zero-order valence-corrected chi connectivity index (χ0v) is 11.2. The average molecular weight is 265 g/mol. The van der Waals surface area contributed by atoms with E-state index < -0.39 is 11.8 Å². The SMILES string of the molecule is CCC1CCCCC1OC(=O)c1c(N)cccc1F. The molecule has 1 aliphatic rings. The molecule has 0 saturated heterocycles. The highest BCUT2D eigenvalue weighted by Gasteiger charge is 2.28. The van der Waals surface area contributed by atoms with Crippen LogP contribution in [0.25, 0.3) is 0 Å². The molecule has 2 unspecified atom stereocenters. The Bertz CT molecular complexity index is 441. The van der Waals surface area contributed by atoms with Gasteiger partial charge in [-0.3, -0.25) is 0 Å². The van der Waals surface area contributed by atoms with Crippen molar-refractivity contribution < 1.29 is 13.9 Å². The normalized spacial score (nSPS) is 23.1. The van der Waals surface area contributed by atoms with Gasteiger partial charge in [-0.15, -0.1) is 0 Å². The molecule has 3 nitrogen and oxygen atoms in total. The van der Waals surface area contributed by atoms with Crippen LogP contribution in [0.1, 0.15) is 49.4 Å². The van der Waals surface area contributed by atoms with Crippen molar-refractivity contribution in [2.75, 3.05) is 5.73 Å². The number of carbonyl (C=O) groups is 1. The van der Waals surface area contributed by atoms with Gasteiger partial charge in [-0.2, -0.15) is 0 Å². The molecule has 104 valence electrons. The van der Waals surface area contributed by atoms with E-state index in [0.717, 1.165) is 25.7 Å². The second kappa shape index (κ2) is 6.04. The first kappa shape index (κ1) is 13.8. The van der Waals surface area contributed by atoms with Gasteiger partial charge >= 0.3 is 5.97 Å². The van der Waals surface area contributed by atoms with Gasteiger partial charge in [0.05, 0.1) is 0 Å². The number of nitrogens with two attached hydrogens (primary N) is 1. The maximum atomic E-state index is 13.7. The maximum Gasteiger partial charge on any atom is 0.343 e. The number of benzene rings is 1. The second-order valence-corrected chi connectivity index (χ2v) is 5.10. The lowest BCUT2D eigenvalue weighted by Gasteiger charge is -2.30. The summed E-state index contributed by atoms with van der Waals surface area (Å²) in [5.74, 6) is -0.875. The average Bonchev–Trinajstić information content (AvgIpc) is 2.39. The van der Waals surface area contributed by atoms with E-state index in [1.54, 1.807) is 0 Å². The number of hydrogen-bond donors (Lipinski definition) is 1. The molecule has 2 rings (SSSR count). The molecule has 2 N–H and O–H groups in total. The Kier molecular flexibility index (Phi) is 4.40. The summed E-state index contributed by atoms with van der Waals surface area (Å²) < 4.78 is 19.1. The summed E-state index contributed by atoms with van der Waals surface area (Å²) in [5, 5.41) is 0. The number of nitrogen functional groups attached to an aromatic ring is 1. The molecule has 0 bridgehead atoms. The van der Waals surface area contributed by atoms with Crippen LogP contribution in [0, 0.1) is 11.7 Å². The van der Waals surface area contributed by atoms with Crippen molar-refractivity contribution in [3.8, 4) is 0 Å². The predicted octanol–water partition coefficient (Wildman–Crippen LogP) is 3.53. The lowest BCUT2D eigenvalue weighted by molar-refractivity contribution is 0.000398. The van der Waals surface area contributed by atoms with Crippen LogP contribution in [0.15, 0.2) is 18.2 Å². The molecule has 1 fully saturated rings. The van der Waals surface area contributed by atoms with Crippen LogP contribution in [0.2, 0.25) is 0 Å². The third-order valence-corrected chi connectivity index (χ3v) is 3.87. The third-order valence-electron chi connectivity index (χ3n) is 3.87. The molecule has 4 heteroatoms. The van der Waals surface area contributed by atoms with E-state index in [0.29, 0.717) is 5.92 Å². The number of ether oxygens (including phenoxy) is 1. The quantitative estimate of drug-likeness (QED) is 0.672. The Labute approximate surface area is 112 Å². The van der Waals surface area contributed by atoms with Crippen molar-refractivity contribution >= 4 is 11.7 Å². The van der Waals surface area contributed by atoms with Crippen molar-refractivity contribution in [3.63, 3.8) is 0 Å². The number of carbonyl (C=O) groups excluding carboxylic acids is 1. The van der Waals surface area contributed by atoms with Crippen LogP contribution in [0.5, 0.6) is 0 Å². The molecule has 0 radical (unpaired) electrons. The fourth-order valence-corrected chi connectivity index (χ4v) is 2.75. The van der Waals surface area contributed by atoms with E-state index in [4.69, 9.17) is 10.5 Å². The van der Waals surface area contributed by atoms with Gasteiger partial charge < -0.3 is 10.5 Å². The Morgan fingerprint density at radius 1 is 1.42 bits per heavy atom. The third kappa shape index (κ3) is 3.06. The van der Waals surface area contributed by atoms with Gasteiger partial charge in [0, 0.05) is 5.69 Å². The highest BCUT2D eigenvalue weighted by Crippen LogP contribution is 2.30. The zero-order chi connectivity index (χ0) is 13.8. The number of halogens is 1. The molecule has 1 aromatic rings. The Morgan fingerprint density at radius 3 is 2.84 bits per heavy atom. The van der Waals surface area contributed by atoms with Crippen molar-refractivity contribution in [1.82, 2.24) is 0 Å². The van der Waals surface area contributed by atoms with Crippen LogP contribution in [0.4, 0.5) is 10.1 Å². The summed E-state index contributed by atoms with van der Waals surface area (Å²) in [6.07, 6.45) is 5.03. The first-order valence-corrected chi connectivity index (χ1v) is 6.88. The summed E-state index contributed by atoms with van der Waals surface area (Å²) >= 11 is 0. The highest BCUT2D eigenvalue weighted by atomic mass is 19.1. The summed E-state index contributed by atoms with van der Waals surface area (Å²) in [7, 11) is 0. The van der Waals surface area contributed by atoms with Gasteiger partial charge in [0.25, 0.3) is 0 Å². The number of hydrogen-bond acceptors (Lipinski definition) is 3. The summed E-state index contributed by atoms with van der Waals surface area (Å²) in [6.45, 7) is 2.09. The predicted molar refractivity (Wildman–Crippen MR) is 72.3 cm³/mol. The molecule has 0 aliphatic heterocycles. The highest BCUT2D eigenvalue weighted by molar-refractivity contribution is 5.95. The number of esters is 1. The van der Waals surface area contributed by atoms with Gasteiger partial charge in [-0.1, -0.05) is 19.4 Å². The van der Waals surface area contributed by atoms with Gasteiger partial charge in [0.2, 0.25) is 0 Å². The van der Waals surface area contributed by atoms with E-state index in [2.05, 4.69) is 6.92 Å². The molecule has 1 aromatic carbocycles. The molecule has 19 heavy (non-hydrogen) atoms. The van der Waals surface area contributed by atoms with Crippen LogP contribution in [-0.4, -0.2) is 12.1 Å². The fraction of sp³-hybridized carbons (Fsp3) is 0.533. The molecule has 0 heterocycles. The Balaban J connectivity index is 2.12. The van der Waals surface area contributed by atoms with E-state index in [9.17, 15) is 9.18 Å². The van der Waals surface area contributed by atoms with Crippen LogP contribution < -0.4 is 5.73 Å². The number of anilines is 1. The van der Waals surface area contributed by atoms with Gasteiger partial charge in [-0.25, -0.2) is 9.18 Å². The largest absolute Gasteiger partial charge is 0.458 e. The smallest absolute Gasteiger partial charge is 0.343 e. The number of rotatable bonds is 3. The van der Waals surface area contributed by atoms with Crippen molar-refractivity contribution in [1.29, 1.82) is 0 Å². The molecule has 0 spiro atoms. The monoisotopic (exact) mass is 265 g/mol. The molecule has 1 aliphatic carbocycles. The van der Waals surface area contributed by atoms with Crippen molar-refractivity contribution in [2.24, 2.45) is 5.92 Å². The van der Waals surface area contributed by atoms with Gasteiger partial charge in [0.1, 0.15) is 17.5 Å². The standard InChI is InChI=1S/C15H20FNO2/c1-2-10-6-3-4-9-13(10)19-15(18)14-11(16)7-5-8-12(14)17/h5,7-8,10,13H,2-4,6,9,17H2,1H3. The minimum atomic E-state index is -0.638. The minimum absolute atomic E-state index is 0.106.